The van der Waals surface area contributed by atoms with Crippen LogP contribution in [0.4, 0.5) is 0 Å². The summed E-state index contributed by atoms with van der Waals surface area (Å²) in [5.74, 6) is 0.988. The fourth-order valence-corrected chi connectivity index (χ4v) is 3.50. The fourth-order valence-electron chi connectivity index (χ4n) is 3.50. The molecule has 0 heterocycles. The van der Waals surface area contributed by atoms with Gasteiger partial charge in [-0.15, -0.1) is 0 Å². The number of ether oxygens (including phenoxy) is 4. The first-order valence-electron chi connectivity index (χ1n) is 9.79. The lowest BCUT2D eigenvalue weighted by Crippen LogP contribution is -2.16. The van der Waals surface area contributed by atoms with Gasteiger partial charge in [-0.3, -0.25) is 4.79 Å². The molecular formula is C23H26O6. The van der Waals surface area contributed by atoms with Crippen LogP contribution in [0.25, 0.3) is 11.1 Å². The van der Waals surface area contributed by atoms with Gasteiger partial charge in [0.15, 0.2) is 23.9 Å². The van der Waals surface area contributed by atoms with Crippen LogP contribution in [0.3, 0.4) is 0 Å². The molecule has 0 saturated carbocycles. The van der Waals surface area contributed by atoms with E-state index >= 15 is 0 Å². The van der Waals surface area contributed by atoms with E-state index in [0.29, 0.717) is 36.7 Å². The molecule has 0 N–H and O–H groups in total. The molecule has 0 fully saturated rings. The van der Waals surface area contributed by atoms with E-state index in [4.69, 9.17) is 18.9 Å². The molecule has 0 aliphatic heterocycles. The molecule has 0 spiro atoms. The quantitative estimate of drug-likeness (QED) is 0.465. The third kappa shape index (κ3) is 4.36. The molecular weight excluding hydrogens is 372 g/mol. The Morgan fingerprint density at radius 2 is 1.76 bits per heavy atom. The Kier molecular flexibility index (Phi) is 6.75. The van der Waals surface area contributed by atoms with E-state index < -0.39 is 5.97 Å². The Labute approximate surface area is 170 Å². The van der Waals surface area contributed by atoms with Crippen LogP contribution in [0.5, 0.6) is 17.2 Å². The number of Topliss-reactive ketones (excluding diaryl/α,β-unsaturated/α-hetero) is 1. The molecule has 1 aliphatic rings. The number of hydrogen-bond donors (Lipinski definition) is 0. The van der Waals surface area contributed by atoms with Crippen molar-refractivity contribution in [1.82, 2.24) is 0 Å². The second-order valence-corrected chi connectivity index (χ2v) is 6.80. The molecule has 1 aliphatic carbocycles. The third-order valence-corrected chi connectivity index (χ3v) is 4.96. The summed E-state index contributed by atoms with van der Waals surface area (Å²) in [4.78, 5) is 24.2. The average molecular weight is 398 g/mol. The van der Waals surface area contributed by atoms with Crippen LogP contribution in [-0.2, 0) is 16.0 Å². The van der Waals surface area contributed by atoms with Gasteiger partial charge >= 0.3 is 5.97 Å². The standard InChI is InChI=1S/C23H26O6/c1-4-5-13-28-21(25)14-29-22-18(10-12-20(26-2)23(22)27-3)15-7-6-8-17-16(15)9-11-19(17)24/h6-8,10,12H,4-5,9,11,13-14H2,1-3H3. The normalized spacial score (nSPS) is 12.4. The van der Waals surface area contributed by atoms with Gasteiger partial charge in [-0.2, -0.15) is 0 Å². The first-order chi connectivity index (χ1) is 14.1. The number of fused-ring (bicyclic) bond motifs is 1. The number of benzene rings is 2. The van der Waals surface area contributed by atoms with Crippen LogP contribution in [0, 0.1) is 0 Å². The highest BCUT2D eigenvalue weighted by molar-refractivity contribution is 6.02. The topological polar surface area (TPSA) is 71.1 Å². The van der Waals surface area contributed by atoms with Gasteiger partial charge in [0, 0.05) is 17.5 Å². The Balaban J connectivity index is 1.98. The van der Waals surface area contributed by atoms with Crippen molar-refractivity contribution in [2.24, 2.45) is 0 Å². The SMILES string of the molecule is CCCCOC(=O)COc1c(-c2cccc3c2CCC3=O)ccc(OC)c1OC. The molecule has 0 aromatic heterocycles. The lowest BCUT2D eigenvalue weighted by Gasteiger charge is -2.19. The van der Waals surface area contributed by atoms with E-state index in [-0.39, 0.29) is 12.4 Å². The molecule has 29 heavy (non-hydrogen) atoms. The maximum atomic E-state index is 12.2. The Hall–Kier alpha value is -3.02. The van der Waals surface area contributed by atoms with Crippen molar-refractivity contribution >= 4 is 11.8 Å². The maximum Gasteiger partial charge on any atom is 0.344 e. The highest BCUT2D eigenvalue weighted by atomic mass is 16.6. The molecule has 6 heteroatoms. The number of methoxy groups -OCH3 is 2. The molecule has 0 atom stereocenters. The molecule has 0 amide bonds. The average Bonchev–Trinajstić information content (AvgIpc) is 3.12. The van der Waals surface area contributed by atoms with Crippen LogP contribution < -0.4 is 14.2 Å². The number of ketones is 1. The second kappa shape index (κ2) is 9.45. The summed E-state index contributed by atoms with van der Waals surface area (Å²) in [6, 6.07) is 9.30. The van der Waals surface area contributed by atoms with Crippen LogP contribution in [0.15, 0.2) is 30.3 Å². The molecule has 0 saturated heterocycles. The Morgan fingerprint density at radius 3 is 2.48 bits per heavy atom. The van der Waals surface area contributed by atoms with Crippen molar-refractivity contribution in [1.29, 1.82) is 0 Å². The maximum absolute atomic E-state index is 12.2. The van der Waals surface area contributed by atoms with Crippen molar-refractivity contribution < 1.29 is 28.5 Å². The molecule has 0 radical (unpaired) electrons. The van der Waals surface area contributed by atoms with Crippen molar-refractivity contribution in [3.8, 4) is 28.4 Å². The number of hydrogen-bond acceptors (Lipinski definition) is 6. The zero-order valence-corrected chi connectivity index (χ0v) is 17.1. The molecule has 2 aromatic rings. The summed E-state index contributed by atoms with van der Waals surface area (Å²) < 4.78 is 22.0. The highest BCUT2D eigenvalue weighted by Crippen LogP contribution is 2.46. The lowest BCUT2D eigenvalue weighted by atomic mass is 9.95. The summed E-state index contributed by atoms with van der Waals surface area (Å²) in [6.45, 7) is 2.16. The molecule has 6 nitrogen and oxygen atoms in total. The first kappa shape index (κ1) is 20.7. The minimum atomic E-state index is -0.442. The van der Waals surface area contributed by atoms with Gasteiger partial charge in [-0.1, -0.05) is 31.5 Å². The molecule has 0 unspecified atom stereocenters. The summed E-state index contributed by atoms with van der Waals surface area (Å²) in [5, 5.41) is 0. The summed E-state index contributed by atoms with van der Waals surface area (Å²) in [6.07, 6.45) is 2.93. The van der Waals surface area contributed by atoms with Crippen molar-refractivity contribution in [3.05, 3.63) is 41.5 Å². The van der Waals surface area contributed by atoms with Gasteiger partial charge in [0.2, 0.25) is 5.75 Å². The second-order valence-electron chi connectivity index (χ2n) is 6.80. The van der Waals surface area contributed by atoms with Crippen LogP contribution >= 0.6 is 0 Å². The Bertz CT molecular complexity index is 902. The number of carbonyl (C=O) groups is 2. The number of unbranched alkanes of at least 4 members (excludes halogenated alkanes) is 1. The van der Waals surface area contributed by atoms with E-state index in [9.17, 15) is 9.59 Å². The van der Waals surface area contributed by atoms with Crippen molar-refractivity contribution in [2.45, 2.75) is 32.6 Å². The van der Waals surface area contributed by atoms with Gasteiger partial charge in [0.1, 0.15) is 0 Å². The van der Waals surface area contributed by atoms with Crippen LogP contribution in [0.1, 0.15) is 42.1 Å². The highest BCUT2D eigenvalue weighted by Gasteiger charge is 2.26. The zero-order valence-electron chi connectivity index (χ0n) is 17.1. The van der Waals surface area contributed by atoms with Crippen LogP contribution in [0.2, 0.25) is 0 Å². The van der Waals surface area contributed by atoms with E-state index in [2.05, 4.69) is 0 Å². The predicted octanol–water partition coefficient (Wildman–Crippen LogP) is 4.22. The molecule has 0 bridgehead atoms. The summed E-state index contributed by atoms with van der Waals surface area (Å²) >= 11 is 0. The van der Waals surface area contributed by atoms with Gasteiger partial charge < -0.3 is 18.9 Å². The first-order valence-corrected chi connectivity index (χ1v) is 9.79. The monoisotopic (exact) mass is 398 g/mol. The predicted molar refractivity (Wildman–Crippen MR) is 109 cm³/mol. The van der Waals surface area contributed by atoms with Gasteiger partial charge in [0.25, 0.3) is 0 Å². The smallest absolute Gasteiger partial charge is 0.344 e. The van der Waals surface area contributed by atoms with E-state index in [1.807, 2.05) is 31.2 Å². The van der Waals surface area contributed by atoms with Crippen molar-refractivity contribution in [3.63, 3.8) is 0 Å². The van der Waals surface area contributed by atoms with Gasteiger partial charge in [-0.25, -0.2) is 4.79 Å². The number of rotatable bonds is 9. The lowest BCUT2D eigenvalue weighted by molar-refractivity contribution is -0.146. The molecule has 2 aromatic carbocycles. The minimum absolute atomic E-state index is 0.143. The Morgan fingerprint density at radius 1 is 0.966 bits per heavy atom. The minimum Gasteiger partial charge on any atom is -0.493 e. The largest absolute Gasteiger partial charge is 0.493 e. The summed E-state index contributed by atoms with van der Waals surface area (Å²) in [7, 11) is 3.06. The van der Waals surface area contributed by atoms with E-state index in [1.54, 1.807) is 13.2 Å². The van der Waals surface area contributed by atoms with E-state index in [1.165, 1.54) is 7.11 Å². The number of esters is 1. The third-order valence-electron chi connectivity index (χ3n) is 4.96. The zero-order chi connectivity index (χ0) is 20.8. The van der Waals surface area contributed by atoms with E-state index in [0.717, 1.165) is 35.1 Å². The molecule has 154 valence electrons. The van der Waals surface area contributed by atoms with Crippen molar-refractivity contribution in [2.75, 3.05) is 27.4 Å². The fraction of sp³-hybridized carbons (Fsp3) is 0.391. The van der Waals surface area contributed by atoms with Gasteiger partial charge in [-0.05, 0) is 36.1 Å². The van der Waals surface area contributed by atoms with Crippen LogP contribution in [-0.4, -0.2) is 39.2 Å². The van der Waals surface area contributed by atoms with Gasteiger partial charge in [0.05, 0.1) is 20.8 Å². The summed E-state index contributed by atoms with van der Waals surface area (Å²) in [5.41, 5.74) is 3.36. The molecule has 3 rings (SSSR count). The number of carbonyl (C=O) groups excluding carboxylic acids is 2.